The topological polar surface area (TPSA) is 90.3 Å². The number of aromatic nitrogens is 2. The first kappa shape index (κ1) is 19.6. The van der Waals surface area contributed by atoms with E-state index >= 15 is 0 Å². The van der Waals surface area contributed by atoms with E-state index in [1.807, 2.05) is 0 Å². The molecule has 7 nitrogen and oxygen atoms in total. The molecule has 0 aliphatic carbocycles. The van der Waals surface area contributed by atoms with Crippen molar-refractivity contribution in [3.8, 4) is 0 Å². The lowest BCUT2D eigenvalue weighted by Gasteiger charge is -2.45. The van der Waals surface area contributed by atoms with E-state index in [1.54, 1.807) is 26.2 Å². The molecule has 0 bridgehead atoms. The zero-order valence-electron chi connectivity index (χ0n) is 15.5. The van der Waals surface area contributed by atoms with E-state index in [2.05, 4.69) is 29.8 Å². The number of hydrogen-bond acceptors (Lipinski definition) is 4. The lowest BCUT2D eigenvalue weighted by molar-refractivity contribution is 0.106. The van der Waals surface area contributed by atoms with E-state index in [-0.39, 0.29) is 28.6 Å². The van der Waals surface area contributed by atoms with E-state index in [9.17, 15) is 13.2 Å². The molecule has 1 saturated heterocycles. The molecular formula is C17H25BrN4O3S. The van der Waals surface area contributed by atoms with Gasteiger partial charge in [-0.1, -0.05) is 13.8 Å². The van der Waals surface area contributed by atoms with E-state index < -0.39 is 10.0 Å². The van der Waals surface area contributed by atoms with Gasteiger partial charge >= 0.3 is 5.69 Å². The van der Waals surface area contributed by atoms with Crippen molar-refractivity contribution < 1.29 is 8.42 Å². The number of nitrogens with zero attached hydrogens (tertiary/aromatic N) is 3. The van der Waals surface area contributed by atoms with Gasteiger partial charge in [-0.05, 0) is 46.3 Å². The lowest BCUT2D eigenvalue weighted by Crippen LogP contribution is -2.55. The summed E-state index contributed by atoms with van der Waals surface area (Å²) in [6.07, 6.45) is 1.74. The van der Waals surface area contributed by atoms with Crippen LogP contribution in [0.1, 0.15) is 26.7 Å². The first-order valence-corrected chi connectivity index (χ1v) is 10.8. The Labute approximate surface area is 161 Å². The van der Waals surface area contributed by atoms with Crippen molar-refractivity contribution in [2.45, 2.75) is 37.6 Å². The van der Waals surface area contributed by atoms with Crippen LogP contribution in [0.5, 0.6) is 0 Å². The first-order chi connectivity index (χ1) is 12.0. The summed E-state index contributed by atoms with van der Waals surface area (Å²) in [4.78, 5) is 12.3. The molecule has 3 rings (SSSR count). The van der Waals surface area contributed by atoms with Gasteiger partial charge in [0.05, 0.1) is 15.9 Å². The maximum absolute atomic E-state index is 13.5. The highest BCUT2D eigenvalue weighted by Crippen LogP contribution is 2.39. The molecule has 1 unspecified atom stereocenters. The van der Waals surface area contributed by atoms with Gasteiger partial charge in [-0.2, -0.15) is 4.31 Å². The van der Waals surface area contributed by atoms with E-state index in [0.717, 1.165) is 12.8 Å². The van der Waals surface area contributed by atoms with Gasteiger partial charge in [-0.3, -0.25) is 9.13 Å². The maximum atomic E-state index is 13.5. The van der Waals surface area contributed by atoms with Crippen molar-refractivity contribution in [1.82, 2.24) is 13.4 Å². The first-order valence-electron chi connectivity index (χ1n) is 8.59. The standard InChI is InChI=1S/C17H25BrN4O3S/c1-17(2)6-5-7-22(15(17)10-19)26(24,25)14-9-13-12(8-11(14)18)20(3)16(23)21(13)4/h8-9,15H,5-7,10,19H2,1-4H3. The van der Waals surface area contributed by atoms with Gasteiger partial charge in [0.2, 0.25) is 10.0 Å². The minimum Gasteiger partial charge on any atom is -0.329 e. The van der Waals surface area contributed by atoms with Crippen LogP contribution in [-0.4, -0.2) is 41.0 Å². The molecule has 1 atom stereocenters. The number of halogens is 1. The molecule has 0 saturated carbocycles. The molecule has 1 aliphatic heterocycles. The third kappa shape index (κ3) is 2.85. The molecule has 9 heteroatoms. The Balaban J connectivity index is 2.20. The average molecular weight is 445 g/mol. The molecule has 26 heavy (non-hydrogen) atoms. The van der Waals surface area contributed by atoms with Crippen molar-refractivity contribution in [2.24, 2.45) is 25.2 Å². The van der Waals surface area contributed by atoms with Gasteiger partial charge in [-0.15, -0.1) is 0 Å². The van der Waals surface area contributed by atoms with Crippen LogP contribution in [0.15, 0.2) is 26.3 Å². The van der Waals surface area contributed by atoms with Crippen molar-refractivity contribution >= 4 is 37.0 Å². The normalized spacial score (nSPS) is 21.4. The minimum atomic E-state index is -3.76. The molecule has 2 N–H and O–H groups in total. The average Bonchev–Trinajstić information content (AvgIpc) is 2.77. The summed E-state index contributed by atoms with van der Waals surface area (Å²) < 4.78 is 31.9. The Morgan fingerprint density at radius 1 is 1.23 bits per heavy atom. The molecule has 0 radical (unpaired) electrons. The summed E-state index contributed by atoms with van der Waals surface area (Å²) in [7, 11) is -0.445. The van der Waals surface area contributed by atoms with E-state index in [1.165, 1.54) is 13.4 Å². The van der Waals surface area contributed by atoms with E-state index in [4.69, 9.17) is 5.73 Å². The van der Waals surface area contributed by atoms with Crippen LogP contribution in [0.3, 0.4) is 0 Å². The number of imidazole rings is 1. The van der Waals surface area contributed by atoms with Crippen molar-refractivity contribution in [1.29, 1.82) is 0 Å². The monoisotopic (exact) mass is 444 g/mol. The van der Waals surface area contributed by atoms with Crippen LogP contribution < -0.4 is 11.4 Å². The summed E-state index contributed by atoms with van der Waals surface area (Å²) in [5, 5.41) is 0. The quantitative estimate of drug-likeness (QED) is 0.780. The van der Waals surface area contributed by atoms with Gasteiger partial charge in [0.1, 0.15) is 0 Å². The predicted molar refractivity (Wildman–Crippen MR) is 106 cm³/mol. The van der Waals surface area contributed by atoms with E-state index in [0.29, 0.717) is 22.1 Å². The zero-order chi connectivity index (χ0) is 19.4. The Morgan fingerprint density at radius 2 is 1.81 bits per heavy atom. The number of fused-ring (bicyclic) bond motifs is 1. The molecular weight excluding hydrogens is 420 g/mol. The third-order valence-electron chi connectivity index (χ3n) is 5.58. The second-order valence-corrected chi connectivity index (χ2v) is 10.3. The SMILES string of the molecule is Cn1c(=O)n(C)c2cc(S(=O)(=O)N3CCCC(C)(C)C3CN)c(Br)cc21. The number of hydrogen-bond donors (Lipinski definition) is 1. The van der Waals surface area contributed by atoms with Crippen molar-refractivity contribution in [3.63, 3.8) is 0 Å². The summed E-state index contributed by atoms with van der Waals surface area (Å²) in [6, 6.07) is 3.00. The van der Waals surface area contributed by atoms with Crippen LogP contribution in [0, 0.1) is 5.41 Å². The number of sulfonamides is 1. The van der Waals surface area contributed by atoms with Crippen LogP contribution in [0.25, 0.3) is 11.0 Å². The third-order valence-corrected chi connectivity index (χ3v) is 8.45. The second-order valence-electron chi connectivity index (χ2n) is 7.63. The molecule has 144 valence electrons. The highest BCUT2D eigenvalue weighted by atomic mass is 79.9. The number of rotatable bonds is 3. The summed E-state index contributed by atoms with van der Waals surface area (Å²) in [5.74, 6) is 0. The van der Waals surface area contributed by atoms with Crippen LogP contribution in [-0.2, 0) is 24.1 Å². The molecule has 1 aromatic heterocycles. The van der Waals surface area contributed by atoms with Gasteiger partial charge in [0.15, 0.2) is 0 Å². The Hall–Kier alpha value is -1.16. The zero-order valence-corrected chi connectivity index (χ0v) is 17.9. The Bertz CT molecular complexity index is 1020. The fraction of sp³-hybridized carbons (Fsp3) is 0.588. The molecule has 2 aromatic rings. The smallest absolute Gasteiger partial charge is 0.328 e. The largest absolute Gasteiger partial charge is 0.329 e. The van der Waals surface area contributed by atoms with Crippen LogP contribution in [0.4, 0.5) is 0 Å². The highest BCUT2D eigenvalue weighted by Gasteiger charge is 2.43. The van der Waals surface area contributed by atoms with Crippen LogP contribution >= 0.6 is 15.9 Å². The summed E-state index contributed by atoms with van der Waals surface area (Å²) in [6.45, 7) is 4.85. The van der Waals surface area contributed by atoms with Crippen molar-refractivity contribution in [3.05, 3.63) is 27.1 Å². The van der Waals surface area contributed by atoms with Crippen LogP contribution in [0.2, 0.25) is 0 Å². The number of nitrogens with two attached hydrogens (primary N) is 1. The maximum Gasteiger partial charge on any atom is 0.328 e. The lowest BCUT2D eigenvalue weighted by atomic mass is 9.77. The van der Waals surface area contributed by atoms with Crippen molar-refractivity contribution in [2.75, 3.05) is 13.1 Å². The predicted octanol–water partition coefficient (Wildman–Crippen LogP) is 1.78. The molecule has 1 aromatic carbocycles. The molecule has 0 spiro atoms. The summed E-state index contributed by atoms with van der Waals surface area (Å²) >= 11 is 3.40. The minimum absolute atomic E-state index is 0.169. The molecule has 1 aliphatic rings. The fourth-order valence-corrected chi connectivity index (χ4v) is 6.79. The van der Waals surface area contributed by atoms with Gasteiger partial charge in [0, 0.05) is 37.7 Å². The van der Waals surface area contributed by atoms with Gasteiger partial charge in [0.25, 0.3) is 0 Å². The fourth-order valence-electron chi connectivity index (χ4n) is 3.95. The van der Waals surface area contributed by atoms with Gasteiger partial charge in [-0.25, -0.2) is 13.2 Å². The molecule has 1 fully saturated rings. The summed E-state index contributed by atoms with van der Waals surface area (Å²) in [5.41, 5.74) is 6.84. The molecule has 0 amide bonds. The van der Waals surface area contributed by atoms with Gasteiger partial charge < -0.3 is 5.73 Å². The Morgan fingerprint density at radius 3 is 2.38 bits per heavy atom. The number of benzene rings is 1. The Kier molecular flexibility index (Phi) is 4.88. The highest BCUT2D eigenvalue weighted by molar-refractivity contribution is 9.10. The number of aryl methyl sites for hydroxylation is 2. The second kappa shape index (κ2) is 6.47. The number of piperidine rings is 1. The molecule has 2 heterocycles.